The van der Waals surface area contributed by atoms with Crippen LogP contribution in [0.4, 0.5) is 0 Å². The summed E-state index contributed by atoms with van der Waals surface area (Å²) in [6, 6.07) is 6.89. The van der Waals surface area contributed by atoms with Crippen molar-refractivity contribution >= 4 is 11.6 Å². The summed E-state index contributed by atoms with van der Waals surface area (Å²) in [4.78, 5) is 0. The van der Waals surface area contributed by atoms with Crippen LogP contribution in [0.25, 0.3) is 0 Å². The molecule has 0 amide bonds. The zero-order valence-electron chi connectivity index (χ0n) is 7.44. The molecule has 0 saturated carbocycles. The van der Waals surface area contributed by atoms with Crippen LogP contribution >= 0.6 is 11.6 Å². The van der Waals surface area contributed by atoms with E-state index in [0.29, 0.717) is 17.0 Å². The highest BCUT2D eigenvalue weighted by molar-refractivity contribution is 6.30. The van der Waals surface area contributed by atoms with E-state index in [1.165, 1.54) is 0 Å². The fourth-order valence-corrected chi connectivity index (χ4v) is 1.33. The van der Waals surface area contributed by atoms with Gasteiger partial charge >= 0.3 is 0 Å². The molecule has 0 spiro atoms. The molecular weight excluding hydrogens is 188 g/mol. The molecule has 0 heterocycles. The van der Waals surface area contributed by atoms with Crippen molar-refractivity contribution in [3.8, 4) is 0 Å². The van der Waals surface area contributed by atoms with Crippen molar-refractivity contribution in [3.63, 3.8) is 0 Å². The van der Waals surface area contributed by atoms with Crippen molar-refractivity contribution in [1.29, 1.82) is 0 Å². The summed E-state index contributed by atoms with van der Waals surface area (Å²) in [6.45, 7) is 1.82. The van der Waals surface area contributed by atoms with Gasteiger partial charge in [0.15, 0.2) is 0 Å². The van der Waals surface area contributed by atoms with E-state index in [2.05, 4.69) is 0 Å². The molecule has 0 aliphatic heterocycles. The average molecular weight is 201 g/mol. The summed E-state index contributed by atoms with van der Waals surface area (Å²) in [7, 11) is 0. The van der Waals surface area contributed by atoms with Crippen molar-refractivity contribution in [3.05, 3.63) is 34.9 Å². The summed E-state index contributed by atoms with van der Waals surface area (Å²) in [6.07, 6.45) is -1.05. The van der Waals surface area contributed by atoms with Crippen LogP contribution in [-0.2, 0) is 0 Å². The number of hydrogen-bond donors (Lipinski definition) is 2. The second-order valence-electron chi connectivity index (χ2n) is 2.98. The van der Waals surface area contributed by atoms with Crippen molar-refractivity contribution in [2.75, 3.05) is 0 Å². The largest absolute Gasteiger partial charge is 0.390 e. The molecule has 0 aromatic heterocycles. The molecule has 0 radical (unpaired) electrons. The van der Waals surface area contributed by atoms with Crippen LogP contribution < -0.4 is 0 Å². The lowest BCUT2D eigenvalue weighted by atomic mass is 10.0. The maximum Gasteiger partial charge on any atom is 0.105 e. The van der Waals surface area contributed by atoms with Crippen LogP contribution in [0.1, 0.15) is 25.0 Å². The maximum atomic E-state index is 9.60. The number of hydrogen-bond acceptors (Lipinski definition) is 2. The molecule has 1 aromatic carbocycles. The molecule has 0 aliphatic carbocycles. The van der Waals surface area contributed by atoms with Gasteiger partial charge in [0.2, 0.25) is 0 Å². The lowest BCUT2D eigenvalue weighted by molar-refractivity contribution is 0.0165. The number of rotatable bonds is 3. The van der Waals surface area contributed by atoms with Crippen LogP contribution in [0.3, 0.4) is 0 Å². The van der Waals surface area contributed by atoms with Gasteiger partial charge in [-0.2, -0.15) is 0 Å². The van der Waals surface area contributed by atoms with Crippen molar-refractivity contribution in [2.45, 2.75) is 25.6 Å². The Morgan fingerprint density at radius 3 is 2.62 bits per heavy atom. The Balaban J connectivity index is 2.82. The molecule has 2 nitrogen and oxygen atoms in total. The zero-order chi connectivity index (χ0) is 9.84. The molecule has 2 unspecified atom stereocenters. The monoisotopic (exact) mass is 200 g/mol. The molecule has 0 saturated heterocycles. The molecule has 0 aliphatic rings. The second-order valence-corrected chi connectivity index (χ2v) is 3.41. The van der Waals surface area contributed by atoms with Gasteiger partial charge in [-0.05, 0) is 24.1 Å². The molecule has 13 heavy (non-hydrogen) atoms. The smallest absolute Gasteiger partial charge is 0.105 e. The predicted molar refractivity (Wildman–Crippen MR) is 52.7 cm³/mol. The Bertz CT molecular complexity index is 275. The molecule has 3 heteroatoms. The Morgan fingerprint density at radius 1 is 1.38 bits per heavy atom. The minimum atomic E-state index is -0.844. The third-order valence-corrected chi connectivity index (χ3v) is 2.21. The lowest BCUT2D eigenvalue weighted by Crippen LogP contribution is -2.16. The van der Waals surface area contributed by atoms with Crippen molar-refractivity contribution in [2.24, 2.45) is 0 Å². The summed E-state index contributed by atoms with van der Waals surface area (Å²) in [5.74, 6) is 0. The Labute approximate surface area is 82.8 Å². The van der Waals surface area contributed by atoms with Gasteiger partial charge < -0.3 is 10.2 Å². The van der Waals surface area contributed by atoms with Crippen molar-refractivity contribution < 1.29 is 10.2 Å². The fourth-order valence-electron chi connectivity index (χ4n) is 1.14. The van der Waals surface area contributed by atoms with Gasteiger partial charge in [0.25, 0.3) is 0 Å². The first-order chi connectivity index (χ1) is 6.15. The van der Waals surface area contributed by atoms with E-state index in [0.717, 1.165) is 0 Å². The Hall–Kier alpha value is -0.570. The van der Waals surface area contributed by atoms with Gasteiger partial charge in [0.1, 0.15) is 6.10 Å². The molecule has 0 fully saturated rings. The van der Waals surface area contributed by atoms with Crippen LogP contribution in [0.5, 0.6) is 0 Å². The summed E-state index contributed by atoms with van der Waals surface area (Å²) < 4.78 is 0. The zero-order valence-corrected chi connectivity index (χ0v) is 8.20. The normalized spacial score (nSPS) is 15.4. The van der Waals surface area contributed by atoms with Gasteiger partial charge in [-0.15, -0.1) is 0 Å². The molecule has 2 atom stereocenters. The second kappa shape index (κ2) is 4.61. The average Bonchev–Trinajstić information content (AvgIpc) is 2.15. The number of aliphatic hydroxyl groups is 2. The highest BCUT2D eigenvalue weighted by Crippen LogP contribution is 2.21. The SMILES string of the molecule is CCC(O)C(O)c1cccc(Cl)c1. The highest BCUT2D eigenvalue weighted by atomic mass is 35.5. The number of halogens is 1. The maximum absolute atomic E-state index is 9.60. The Morgan fingerprint density at radius 2 is 2.08 bits per heavy atom. The minimum absolute atomic E-state index is 0.522. The number of benzene rings is 1. The van der Waals surface area contributed by atoms with E-state index in [-0.39, 0.29) is 0 Å². The predicted octanol–water partition coefficient (Wildman–Crippen LogP) is 2.14. The Kier molecular flexibility index (Phi) is 3.72. The third kappa shape index (κ3) is 2.69. The number of aliphatic hydroxyl groups excluding tert-OH is 2. The van der Waals surface area contributed by atoms with Crippen LogP contribution in [0.2, 0.25) is 5.02 Å². The first-order valence-electron chi connectivity index (χ1n) is 4.26. The quantitative estimate of drug-likeness (QED) is 0.785. The molecule has 1 rings (SSSR count). The van der Waals surface area contributed by atoms with Gasteiger partial charge in [0, 0.05) is 5.02 Å². The first kappa shape index (κ1) is 10.5. The topological polar surface area (TPSA) is 40.5 Å². The van der Waals surface area contributed by atoms with E-state index in [4.69, 9.17) is 11.6 Å². The summed E-state index contributed by atoms with van der Waals surface area (Å²) in [5, 5.41) is 19.6. The van der Waals surface area contributed by atoms with Crippen molar-refractivity contribution in [1.82, 2.24) is 0 Å². The molecule has 72 valence electrons. The van der Waals surface area contributed by atoms with Crippen LogP contribution in [-0.4, -0.2) is 16.3 Å². The van der Waals surface area contributed by atoms with E-state index in [1.807, 2.05) is 6.92 Å². The highest BCUT2D eigenvalue weighted by Gasteiger charge is 2.15. The summed E-state index contributed by atoms with van der Waals surface area (Å²) >= 11 is 5.74. The first-order valence-corrected chi connectivity index (χ1v) is 4.64. The van der Waals surface area contributed by atoms with Gasteiger partial charge in [-0.3, -0.25) is 0 Å². The molecule has 1 aromatic rings. The third-order valence-electron chi connectivity index (χ3n) is 1.97. The van der Waals surface area contributed by atoms with Gasteiger partial charge in [-0.25, -0.2) is 0 Å². The molecule has 0 bridgehead atoms. The van der Waals surface area contributed by atoms with E-state index >= 15 is 0 Å². The molecular formula is C10H13ClO2. The molecule has 2 N–H and O–H groups in total. The fraction of sp³-hybridized carbons (Fsp3) is 0.400. The van der Waals surface area contributed by atoms with Gasteiger partial charge in [0.05, 0.1) is 6.10 Å². The van der Waals surface area contributed by atoms with E-state index < -0.39 is 12.2 Å². The van der Waals surface area contributed by atoms with E-state index in [1.54, 1.807) is 24.3 Å². The van der Waals surface area contributed by atoms with E-state index in [9.17, 15) is 10.2 Å². The summed E-state index contributed by atoms with van der Waals surface area (Å²) in [5.41, 5.74) is 0.654. The van der Waals surface area contributed by atoms with Gasteiger partial charge in [-0.1, -0.05) is 30.7 Å². The standard InChI is InChI=1S/C10H13ClO2/c1-2-9(12)10(13)7-4-3-5-8(11)6-7/h3-6,9-10,12-13H,2H2,1H3. The van der Waals surface area contributed by atoms with Crippen LogP contribution in [0.15, 0.2) is 24.3 Å². The lowest BCUT2D eigenvalue weighted by Gasteiger charge is -2.16. The van der Waals surface area contributed by atoms with Crippen LogP contribution in [0, 0.1) is 0 Å². The minimum Gasteiger partial charge on any atom is -0.390 e.